The summed E-state index contributed by atoms with van der Waals surface area (Å²) in [5.74, 6) is 0.777. The lowest BCUT2D eigenvalue weighted by atomic mass is 9.81. The molecular formula is C17H31N. The largest absolute Gasteiger partial charge is 0.198 e. The number of nitrogens with zero attached hydrogens (tertiary/aromatic N) is 1. The van der Waals surface area contributed by atoms with E-state index in [-0.39, 0.29) is 5.41 Å². The van der Waals surface area contributed by atoms with Crippen LogP contribution in [-0.4, -0.2) is 0 Å². The minimum absolute atomic E-state index is 0.0572. The van der Waals surface area contributed by atoms with E-state index in [2.05, 4.69) is 19.9 Å². The third-order valence-corrected chi connectivity index (χ3v) is 4.60. The first-order valence-corrected chi connectivity index (χ1v) is 8.14. The number of nitriles is 1. The van der Waals surface area contributed by atoms with E-state index >= 15 is 0 Å². The fraction of sp³-hybridized carbons (Fsp3) is 0.941. The molecule has 0 spiro atoms. The van der Waals surface area contributed by atoms with Crippen LogP contribution in [-0.2, 0) is 0 Å². The Morgan fingerprint density at radius 1 is 1.06 bits per heavy atom. The zero-order valence-corrected chi connectivity index (χ0v) is 12.5. The highest BCUT2D eigenvalue weighted by atomic mass is 14.4. The topological polar surface area (TPSA) is 23.8 Å². The molecule has 0 aliphatic heterocycles. The SMILES string of the molecule is CCCCCCCCCCC1(C#N)CCC(C)C1. The van der Waals surface area contributed by atoms with E-state index in [1.807, 2.05) is 0 Å². The standard InChI is InChI=1S/C17H31N/c1-3-4-5-6-7-8-9-10-12-17(15-18)13-11-16(2)14-17/h16H,3-14H2,1-2H3. The number of hydrogen-bond acceptors (Lipinski definition) is 1. The molecule has 1 nitrogen and oxygen atoms in total. The van der Waals surface area contributed by atoms with Crippen molar-refractivity contribution in [2.75, 3.05) is 0 Å². The summed E-state index contributed by atoms with van der Waals surface area (Å²) >= 11 is 0. The van der Waals surface area contributed by atoms with Crippen molar-refractivity contribution in [3.8, 4) is 6.07 Å². The molecule has 0 radical (unpaired) electrons. The predicted molar refractivity (Wildman–Crippen MR) is 78.3 cm³/mol. The van der Waals surface area contributed by atoms with Crippen molar-refractivity contribution in [2.45, 2.75) is 90.9 Å². The molecule has 1 rings (SSSR count). The molecule has 2 unspecified atom stereocenters. The summed E-state index contributed by atoms with van der Waals surface area (Å²) in [4.78, 5) is 0. The second kappa shape index (κ2) is 8.57. The maximum atomic E-state index is 9.38. The Morgan fingerprint density at radius 3 is 2.17 bits per heavy atom. The van der Waals surface area contributed by atoms with Gasteiger partial charge in [-0.2, -0.15) is 5.26 Å². The van der Waals surface area contributed by atoms with Crippen LogP contribution < -0.4 is 0 Å². The Kier molecular flexibility index (Phi) is 7.40. The van der Waals surface area contributed by atoms with Crippen LogP contribution in [0.15, 0.2) is 0 Å². The average Bonchev–Trinajstić information content (AvgIpc) is 2.75. The van der Waals surface area contributed by atoms with E-state index in [0.717, 1.165) is 25.2 Å². The molecule has 0 N–H and O–H groups in total. The van der Waals surface area contributed by atoms with Crippen LogP contribution in [0.3, 0.4) is 0 Å². The van der Waals surface area contributed by atoms with Gasteiger partial charge in [-0.1, -0.05) is 65.2 Å². The quantitative estimate of drug-likeness (QED) is 0.470. The Labute approximate surface area is 114 Å². The summed E-state index contributed by atoms with van der Waals surface area (Å²) in [6.07, 6.45) is 15.7. The van der Waals surface area contributed by atoms with Crippen LogP contribution in [0.25, 0.3) is 0 Å². The first-order chi connectivity index (χ1) is 8.72. The molecule has 1 aliphatic carbocycles. The van der Waals surface area contributed by atoms with Gasteiger partial charge < -0.3 is 0 Å². The van der Waals surface area contributed by atoms with Crippen LogP contribution in [0.4, 0.5) is 0 Å². The molecule has 0 heterocycles. The van der Waals surface area contributed by atoms with Crippen molar-refractivity contribution < 1.29 is 0 Å². The predicted octanol–water partition coefficient (Wildman–Crippen LogP) is 5.85. The molecule has 0 aromatic rings. The summed E-state index contributed by atoms with van der Waals surface area (Å²) in [5.41, 5.74) is 0.0572. The van der Waals surface area contributed by atoms with Crippen LogP contribution >= 0.6 is 0 Å². The van der Waals surface area contributed by atoms with Gasteiger partial charge in [0.25, 0.3) is 0 Å². The van der Waals surface area contributed by atoms with E-state index in [0.29, 0.717) is 0 Å². The van der Waals surface area contributed by atoms with Crippen molar-refractivity contribution in [3.05, 3.63) is 0 Å². The van der Waals surface area contributed by atoms with Gasteiger partial charge in [0.15, 0.2) is 0 Å². The smallest absolute Gasteiger partial charge is 0.0689 e. The molecule has 0 amide bonds. The van der Waals surface area contributed by atoms with E-state index in [1.165, 1.54) is 57.8 Å². The second-order valence-electron chi connectivity index (χ2n) is 6.46. The van der Waals surface area contributed by atoms with E-state index in [4.69, 9.17) is 0 Å². The summed E-state index contributed by atoms with van der Waals surface area (Å²) < 4.78 is 0. The molecule has 0 bridgehead atoms. The fourth-order valence-corrected chi connectivity index (χ4v) is 3.38. The highest BCUT2D eigenvalue weighted by molar-refractivity contribution is 5.03. The van der Waals surface area contributed by atoms with Gasteiger partial charge in [0.2, 0.25) is 0 Å². The lowest BCUT2D eigenvalue weighted by Gasteiger charge is -2.20. The molecule has 18 heavy (non-hydrogen) atoms. The first kappa shape index (κ1) is 15.5. The van der Waals surface area contributed by atoms with Crippen molar-refractivity contribution in [2.24, 2.45) is 11.3 Å². The van der Waals surface area contributed by atoms with Gasteiger partial charge >= 0.3 is 0 Å². The molecule has 1 heteroatoms. The lowest BCUT2D eigenvalue weighted by molar-refractivity contribution is 0.344. The highest BCUT2D eigenvalue weighted by Gasteiger charge is 2.36. The molecule has 0 aromatic heterocycles. The molecule has 1 saturated carbocycles. The Balaban J connectivity index is 2.02. The van der Waals surface area contributed by atoms with Gasteiger partial charge in [-0.15, -0.1) is 0 Å². The third-order valence-electron chi connectivity index (χ3n) is 4.60. The minimum atomic E-state index is 0.0572. The van der Waals surface area contributed by atoms with Crippen molar-refractivity contribution in [1.82, 2.24) is 0 Å². The molecule has 1 aliphatic rings. The van der Waals surface area contributed by atoms with Crippen LogP contribution in [0, 0.1) is 22.7 Å². The normalized spacial score (nSPS) is 27.3. The zero-order valence-electron chi connectivity index (χ0n) is 12.5. The monoisotopic (exact) mass is 249 g/mol. The highest BCUT2D eigenvalue weighted by Crippen LogP contribution is 2.44. The lowest BCUT2D eigenvalue weighted by Crippen LogP contribution is -2.13. The third kappa shape index (κ3) is 5.42. The molecule has 2 atom stereocenters. The second-order valence-corrected chi connectivity index (χ2v) is 6.46. The first-order valence-electron chi connectivity index (χ1n) is 8.14. The molecule has 0 aromatic carbocycles. The van der Waals surface area contributed by atoms with Crippen molar-refractivity contribution in [3.63, 3.8) is 0 Å². The molecule has 0 saturated heterocycles. The van der Waals surface area contributed by atoms with Crippen LogP contribution in [0.2, 0.25) is 0 Å². The fourth-order valence-electron chi connectivity index (χ4n) is 3.38. The van der Waals surface area contributed by atoms with Crippen LogP contribution in [0.1, 0.15) is 90.9 Å². The summed E-state index contributed by atoms with van der Waals surface area (Å²) in [7, 11) is 0. The maximum Gasteiger partial charge on any atom is 0.0689 e. The Hall–Kier alpha value is -0.510. The van der Waals surface area contributed by atoms with Gasteiger partial charge in [-0.25, -0.2) is 0 Å². The van der Waals surface area contributed by atoms with Gasteiger partial charge in [-0.05, 0) is 31.6 Å². The summed E-state index contributed by atoms with van der Waals surface area (Å²) in [5, 5.41) is 9.38. The maximum absolute atomic E-state index is 9.38. The minimum Gasteiger partial charge on any atom is -0.198 e. The average molecular weight is 249 g/mol. The van der Waals surface area contributed by atoms with Gasteiger partial charge in [-0.3, -0.25) is 0 Å². The molecule has 1 fully saturated rings. The zero-order chi connectivity index (χ0) is 13.3. The van der Waals surface area contributed by atoms with E-state index in [9.17, 15) is 5.26 Å². The van der Waals surface area contributed by atoms with E-state index in [1.54, 1.807) is 0 Å². The summed E-state index contributed by atoms with van der Waals surface area (Å²) in [6, 6.07) is 2.63. The van der Waals surface area contributed by atoms with Crippen molar-refractivity contribution >= 4 is 0 Å². The van der Waals surface area contributed by atoms with Gasteiger partial charge in [0.05, 0.1) is 11.5 Å². The Bertz CT molecular complexity index is 253. The molecular weight excluding hydrogens is 218 g/mol. The molecule has 104 valence electrons. The van der Waals surface area contributed by atoms with Gasteiger partial charge in [0.1, 0.15) is 0 Å². The van der Waals surface area contributed by atoms with Gasteiger partial charge in [0, 0.05) is 0 Å². The van der Waals surface area contributed by atoms with Crippen molar-refractivity contribution in [1.29, 1.82) is 5.26 Å². The number of unbranched alkanes of at least 4 members (excludes halogenated alkanes) is 7. The number of rotatable bonds is 9. The Morgan fingerprint density at radius 2 is 1.67 bits per heavy atom. The van der Waals surface area contributed by atoms with E-state index < -0.39 is 0 Å². The number of hydrogen-bond donors (Lipinski definition) is 0. The van der Waals surface area contributed by atoms with Crippen LogP contribution in [0.5, 0.6) is 0 Å². The summed E-state index contributed by atoms with van der Waals surface area (Å²) in [6.45, 7) is 4.57.